The van der Waals surface area contributed by atoms with E-state index in [2.05, 4.69) is 21.6 Å². The Morgan fingerprint density at radius 2 is 1.79 bits per heavy atom. The minimum absolute atomic E-state index is 0.0861. The van der Waals surface area contributed by atoms with Gasteiger partial charge in [0.05, 0.1) is 47.2 Å². The summed E-state index contributed by atoms with van der Waals surface area (Å²) in [7, 11) is 4.46. The fourth-order valence-corrected chi connectivity index (χ4v) is 8.48. The quantitative estimate of drug-likeness (QED) is 0.235. The highest BCUT2D eigenvalue weighted by atomic mass is 35.5. The van der Waals surface area contributed by atoms with Crippen LogP contribution in [0.2, 0.25) is 10.0 Å². The number of likely N-dealkylation sites (tertiary alicyclic amines) is 1. The molecule has 2 aromatic carbocycles. The first-order chi connectivity index (χ1) is 25.0. The van der Waals surface area contributed by atoms with Crippen molar-refractivity contribution in [2.75, 3.05) is 45.8 Å². The van der Waals surface area contributed by atoms with Crippen molar-refractivity contribution < 1.29 is 19.1 Å². The Kier molecular flexibility index (Phi) is 10.0. The molecule has 2 fully saturated rings. The highest BCUT2D eigenvalue weighted by molar-refractivity contribution is 6.39. The minimum Gasteiger partial charge on any atom is -0.481 e. The van der Waals surface area contributed by atoms with Crippen LogP contribution < -0.4 is 26.6 Å². The van der Waals surface area contributed by atoms with Crippen LogP contribution >= 0.6 is 23.2 Å². The van der Waals surface area contributed by atoms with E-state index < -0.39 is 17.2 Å². The zero-order valence-electron chi connectivity index (χ0n) is 29.3. The number of aryl methyl sites for hydroxylation is 1. The van der Waals surface area contributed by atoms with Gasteiger partial charge >= 0.3 is 5.69 Å². The third kappa shape index (κ3) is 6.64. The predicted octanol–water partition coefficient (Wildman–Crippen LogP) is 4.87. The minimum atomic E-state index is -0.730. The second-order valence-corrected chi connectivity index (χ2v) is 14.6. The molecule has 0 radical (unpaired) electrons. The monoisotopic (exact) mass is 746 g/mol. The summed E-state index contributed by atoms with van der Waals surface area (Å²) in [6.07, 6.45) is 5.59. The summed E-state index contributed by atoms with van der Waals surface area (Å²) < 4.78 is 13.1. The first kappa shape index (κ1) is 35.9. The van der Waals surface area contributed by atoms with Crippen molar-refractivity contribution in [3.8, 4) is 28.3 Å². The number of benzene rings is 2. The van der Waals surface area contributed by atoms with Gasteiger partial charge in [-0.05, 0) is 43.4 Å². The molecule has 12 nitrogen and oxygen atoms in total. The average molecular weight is 748 g/mol. The molecule has 0 unspecified atom stereocenters. The Balaban J connectivity index is 1.15. The molecule has 4 aromatic rings. The van der Waals surface area contributed by atoms with E-state index in [1.807, 2.05) is 18.2 Å². The van der Waals surface area contributed by atoms with Crippen LogP contribution in [0.25, 0.3) is 22.4 Å². The average Bonchev–Trinajstić information content (AvgIpc) is 3.85. The summed E-state index contributed by atoms with van der Waals surface area (Å²) in [6, 6.07) is 12.9. The molecule has 2 saturated heterocycles. The lowest BCUT2D eigenvalue weighted by atomic mass is 9.96. The molecule has 0 bridgehead atoms. The molecule has 1 spiro atoms. The number of carbonyl (C=O) groups is 2. The maximum Gasteiger partial charge on any atom is 0.330 e. The molecule has 4 heterocycles. The molecule has 2 aliphatic heterocycles. The molecule has 2 amide bonds. The van der Waals surface area contributed by atoms with Crippen LogP contribution in [0.15, 0.2) is 58.3 Å². The number of methoxy groups -OCH3 is 2. The highest BCUT2D eigenvalue weighted by Crippen LogP contribution is 2.45. The van der Waals surface area contributed by atoms with Crippen molar-refractivity contribution in [2.45, 2.75) is 50.1 Å². The number of hydrogen-bond donors (Lipinski definition) is 2. The van der Waals surface area contributed by atoms with Gasteiger partial charge in [0, 0.05) is 74.6 Å². The van der Waals surface area contributed by atoms with Gasteiger partial charge in [-0.3, -0.25) is 23.5 Å². The van der Waals surface area contributed by atoms with Gasteiger partial charge in [-0.25, -0.2) is 9.78 Å². The number of hydrogen-bond acceptors (Lipinski definition) is 8. The molecule has 7 rings (SSSR count). The van der Waals surface area contributed by atoms with Crippen LogP contribution in [-0.4, -0.2) is 76.8 Å². The summed E-state index contributed by atoms with van der Waals surface area (Å²) in [5.74, 6) is 0.293. The van der Waals surface area contributed by atoms with Crippen molar-refractivity contribution in [1.29, 1.82) is 0 Å². The second kappa shape index (κ2) is 14.5. The number of aromatic nitrogens is 3. The largest absolute Gasteiger partial charge is 0.481 e. The van der Waals surface area contributed by atoms with Crippen molar-refractivity contribution in [3.05, 3.63) is 96.2 Å². The molecular weight excluding hydrogens is 707 g/mol. The summed E-state index contributed by atoms with van der Waals surface area (Å²) in [6.45, 7) is 3.11. The van der Waals surface area contributed by atoms with Gasteiger partial charge in [-0.15, -0.1) is 0 Å². The molecule has 2 atom stereocenters. The van der Waals surface area contributed by atoms with Gasteiger partial charge in [0.2, 0.25) is 11.8 Å². The number of ether oxygens (including phenoxy) is 2. The topological polar surface area (TPSA) is 137 Å². The summed E-state index contributed by atoms with van der Waals surface area (Å²) >= 11 is 14.0. The Hall–Kier alpha value is -4.49. The number of pyridine rings is 1. The van der Waals surface area contributed by atoms with Crippen LogP contribution in [-0.2, 0) is 29.5 Å². The third-order valence-electron chi connectivity index (χ3n) is 10.6. The maximum atomic E-state index is 13.4. The van der Waals surface area contributed by atoms with E-state index in [4.69, 9.17) is 37.7 Å². The Morgan fingerprint density at radius 1 is 1.04 bits per heavy atom. The van der Waals surface area contributed by atoms with E-state index in [0.29, 0.717) is 39.7 Å². The molecular formula is C38H40Cl2N6O6. The molecule has 3 aliphatic rings. The van der Waals surface area contributed by atoms with E-state index in [0.717, 1.165) is 55.4 Å². The number of nitrogens with one attached hydrogen (secondary N) is 2. The number of amides is 2. The molecule has 0 saturated carbocycles. The number of nitrogens with zero attached hydrogens (tertiary/aromatic N) is 4. The number of halogens is 2. The second-order valence-electron chi connectivity index (χ2n) is 13.8. The van der Waals surface area contributed by atoms with Crippen molar-refractivity contribution in [2.24, 2.45) is 7.05 Å². The van der Waals surface area contributed by atoms with E-state index in [9.17, 15) is 19.2 Å². The number of carbonyl (C=O) groups excluding carboxylic acids is 2. The lowest BCUT2D eigenvalue weighted by Gasteiger charge is -2.26. The van der Waals surface area contributed by atoms with Crippen LogP contribution in [0, 0.1) is 0 Å². The van der Waals surface area contributed by atoms with Crippen LogP contribution in [0.1, 0.15) is 53.1 Å². The smallest absolute Gasteiger partial charge is 0.330 e. The molecule has 2 N–H and O–H groups in total. The number of rotatable bonds is 10. The number of anilines is 1. The molecule has 14 heteroatoms. The van der Waals surface area contributed by atoms with E-state index in [-0.39, 0.29) is 46.8 Å². The molecule has 272 valence electrons. The lowest BCUT2D eigenvalue weighted by Crippen LogP contribution is -2.44. The predicted molar refractivity (Wildman–Crippen MR) is 200 cm³/mol. The van der Waals surface area contributed by atoms with E-state index >= 15 is 0 Å². The van der Waals surface area contributed by atoms with Gasteiger partial charge in [-0.2, -0.15) is 0 Å². The van der Waals surface area contributed by atoms with Crippen LogP contribution in [0.3, 0.4) is 0 Å². The first-order valence-corrected chi connectivity index (χ1v) is 18.1. The molecule has 2 aromatic heterocycles. The summed E-state index contributed by atoms with van der Waals surface area (Å²) in [5.41, 5.74) is 3.57. The fraction of sp³-hybridized carbons (Fsp3) is 0.395. The van der Waals surface area contributed by atoms with Gasteiger partial charge in [0.1, 0.15) is 5.56 Å². The highest BCUT2D eigenvalue weighted by Gasteiger charge is 2.44. The van der Waals surface area contributed by atoms with Gasteiger partial charge < -0.3 is 25.0 Å². The third-order valence-corrected chi connectivity index (χ3v) is 11.4. The first-order valence-electron chi connectivity index (χ1n) is 17.3. The standard InChI is InChI=1S/C38H40Cl2N6O6/c1-44-36(49)27(20-46(37(44)50)16-17-51-2)34(48)41-28-9-5-7-25(33(28)40)24-6-4-8-26(32(24)39)29-18-22-10-11-23(31(22)35(42-29)52-3)19-45-15-14-38(21-45)13-12-30(47)43-38/h4-9,18,20,23H,10-17,19,21H2,1-3H3,(H,41,48)(H,43,47)/t23-,38-/m1/s1. The Morgan fingerprint density at radius 3 is 2.52 bits per heavy atom. The van der Waals surface area contributed by atoms with Gasteiger partial charge in [-0.1, -0.05) is 53.5 Å². The fourth-order valence-electron chi connectivity index (χ4n) is 7.88. The van der Waals surface area contributed by atoms with E-state index in [1.165, 1.54) is 30.5 Å². The van der Waals surface area contributed by atoms with Crippen molar-refractivity contribution >= 4 is 40.7 Å². The molecule has 52 heavy (non-hydrogen) atoms. The van der Waals surface area contributed by atoms with Crippen molar-refractivity contribution in [3.63, 3.8) is 0 Å². The Labute approximate surface area is 310 Å². The SMILES string of the molecule is COCCn1cc(C(=O)Nc2cccc(-c3cccc(-c4cc5c(c(OC)n4)[C@@H](CN4CC[C@]6(CCC(=O)N6)C4)CC5)c3Cl)c2Cl)c(=O)n(C)c1=O. The summed E-state index contributed by atoms with van der Waals surface area (Å²) in [5, 5.41) is 6.61. The molecule has 1 aliphatic carbocycles. The zero-order chi connectivity index (χ0) is 36.7. The normalized spacial score (nSPS) is 19.6. The van der Waals surface area contributed by atoms with Crippen LogP contribution in [0.5, 0.6) is 5.88 Å². The number of fused-ring (bicyclic) bond motifs is 1. The van der Waals surface area contributed by atoms with E-state index in [1.54, 1.807) is 25.3 Å². The van der Waals surface area contributed by atoms with Gasteiger partial charge in [0.15, 0.2) is 0 Å². The van der Waals surface area contributed by atoms with Gasteiger partial charge in [0.25, 0.3) is 11.5 Å². The summed E-state index contributed by atoms with van der Waals surface area (Å²) in [4.78, 5) is 58.2. The lowest BCUT2D eigenvalue weighted by molar-refractivity contribution is -0.119. The van der Waals surface area contributed by atoms with Crippen molar-refractivity contribution in [1.82, 2.24) is 24.3 Å². The maximum absolute atomic E-state index is 13.4. The van der Waals surface area contributed by atoms with Crippen LogP contribution in [0.4, 0.5) is 5.69 Å². The zero-order valence-corrected chi connectivity index (χ0v) is 30.8. The Bertz CT molecular complexity index is 2200.